The molecule has 0 aliphatic carbocycles. The van der Waals surface area contributed by atoms with Crippen molar-refractivity contribution in [3.63, 3.8) is 0 Å². The Morgan fingerprint density at radius 3 is 2.46 bits per heavy atom. The molecular formula is C18H24N4O2. The molecule has 3 rings (SSSR count). The van der Waals surface area contributed by atoms with E-state index in [0.717, 1.165) is 44.9 Å². The Labute approximate surface area is 142 Å². The van der Waals surface area contributed by atoms with E-state index in [9.17, 15) is 4.79 Å². The van der Waals surface area contributed by atoms with Gasteiger partial charge in [0.2, 0.25) is 0 Å². The first kappa shape index (κ1) is 16.4. The number of benzene rings is 1. The molecule has 0 spiro atoms. The monoisotopic (exact) mass is 328 g/mol. The number of carbonyl (C=O) groups is 1. The normalized spacial score (nSPS) is 14.8. The van der Waals surface area contributed by atoms with Crippen LogP contribution in [0.3, 0.4) is 0 Å². The van der Waals surface area contributed by atoms with E-state index < -0.39 is 0 Å². The maximum atomic E-state index is 12.7. The lowest BCUT2D eigenvalue weighted by Gasteiger charge is -2.36. The number of amides is 1. The van der Waals surface area contributed by atoms with Gasteiger partial charge < -0.3 is 14.5 Å². The van der Waals surface area contributed by atoms with Gasteiger partial charge in [0.15, 0.2) is 0 Å². The molecule has 1 aliphatic heterocycles. The van der Waals surface area contributed by atoms with Gasteiger partial charge in [-0.2, -0.15) is 5.10 Å². The predicted octanol–water partition coefficient (Wildman–Crippen LogP) is 2.26. The topological polar surface area (TPSA) is 50.6 Å². The van der Waals surface area contributed by atoms with Crippen LogP contribution >= 0.6 is 0 Å². The molecule has 0 bridgehead atoms. The van der Waals surface area contributed by atoms with Crippen LogP contribution in [-0.4, -0.2) is 53.9 Å². The number of aromatic nitrogens is 2. The van der Waals surface area contributed by atoms with Crippen molar-refractivity contribution in [3.8, 4) is 5.75 Å². The molecule has 0 saturated carbocycles. The Balaban J connectivity index is 1.61. The average molecular weight is 328 g/mol. The van der Waals surface area contributed by atoms with Crippen LogP contribution in [0.2, 0.25) is 0 Å². The Kier molecular flexibility index (Phi) is 5.03. The van der Waals surface area contributed by atoms with Crippen LogP contribution in [0, 0.1) is 0 Å². The minimum absolute atomic E-state index is 0.0790. The van der Waals surface area contributed by atoms with Crippen molar-refractivity contribution in [2.24, 2.45) is 0 Å². The standard InChI is InChI=1S/C18H24N4O2/c1-3-10-22-17(8-9-19-22)18(23)21-13-11-20(12-14-21)15-4-6-16(24-2)7-5-15/h4-9H,3,10-14H2,1-2H3. The third-order valence-electron chi connectivity index (χ3n) is 4.38. The Morgan fingerprint density at radius 1 is 1.12 bits per heavy atom. The van der Waals surface area contributed by atoms with E-state index in [0.29, 0.717) is 5.69 Å². The van der Waals surface area contributed by atoms with Gasteiger partial charge in [-0.15, -0.1) is 0 Å². The first-order valence-electron chi connectivity index (χ1n) is 8.43. The van der Waals surface area contributed by atoms with Crippen LogP contribution in [0.25, 0.3) is 0 Å². The molecule has 128 valence electrons. The number of aryl methyl sites for hydroxylation is 1. The van der Waals surface area contributed by atoms with Crippen molar-refractivity contribution >= 4 is 11.6 Å². The highest BCUT2D eigenvalue weighted by molar-refractivity contribution is 5.92. The van der Waals surface area contributed by atoms with Gasteiger partial charge in [-0.3, -0.25) is 9.48 Å². The number of piperazine rings is 1. The van der Waals surface area contributed by atoms with Crippen LogP contribution < -0.4 is 9.64 Å². The number of hydrogen-bond donors (Lipinski definition) is 0. The maximum Gasteiger partial charge on any atom is 0.272 e. The molecule has 1 aromatic heterocycles. The third kappa shape index (κ3) is 3.37. The van der Waals surface area contributed by atoms with Crippen molar-refractivity contribution in [3.05, 3.63) is 42.2 Å². The number of hydrogen-bond acceptors (Lipinski definition) is 4. The van der Waals surface area contributed by atoms with E-state index in [2.05, 4.69) is 29.1 Å². The van der Waals surface area contributed by atoms with Crippen molar-refractivity contribution in [1.82, 2.24) is 14.7 Å². The molecule has 0 radical (unpaired) electrons. The summed E-state index contributed by atoms with van der Waals surface area (Å²) in [7, 11) is 1.67. The highest BCUT2D eigenvalue weighted by Crippen LogP contribution is 2.21. The molecule has 1 amide bonds. The van der Waals surface area contributed by atoms with Crippen LogP contribution in [-0.2, 0) is 6.54 Å². The zero-order chi connectivity index (χ0) is 16.9. The molecule has 0 N–H and O–H groups in total. The van der Waals surface area contributed by atoms with E-state index >= 15 is 0 Å². The summed E-state index contributed by atoms with van der Waals surface area (Å²) in [6.07, 6.45) is 2.67. The lowest BCUT2D eigenvalue weighted by molar-refractivity contribution is 0.0734. The number of methoxy groups -OCH3 is 1. The number of anilines is 1. The van der Waals surface area contributed by atoms with E-state index in [1.165, 1.54) is 5.69 Å². The van der Waals surface area contributed by atoms with Crippen molar-refractivity contribution in [2.45, 2.75) is 19.9 Å². The number of nitrogens with zero attached hydrogens (tertiary/aromatic N) is 4. The smallest absolute Gasteiger partial charge is 0.272 e. The SMILES string of the molecule is CCCn1nccc1C(=O)N1CCN(c2ccc(OC)cc2)CC1. The summed E-state index contributed by atoms with van der Waals surface area (Å²) in [5.41, 5.74) is 1.86. The lowest BCUT2D eigenvalue weighted by Crippen LogP contribution is -2.49. The first-order chi connectivity index (χ1) is 11.7. The van der Waals surface area contributed by atoms with Gasteiger partial charge in [-0.1, -0.05) is 6.92 Å². The maximum absolute atomic E-state index is 12.7. The summed E-state index contributed by atoms with van der Waals surface area (Å²) in [6, 6.07) is 9.87. The van der Waals surface area contributed by atoms with E-state index in [4.69, 9.17) is 4.74 Å². The minimum Gasteiger partial charge on any atom is -0.497 e. The predicted molar refractivity (Wildman–Crippen MR) is 93.6 cm³/mol. The first-order valence-corrected chi connectivity index (χ1v) is 8.43. The molecule has 1 fully saturated rings. The summed E-state index contributed by atoms with van der Waals surface area (Å²) in [5.74, 6) is 0.937. The van der Waals surface area contributed by atoms with Gasteiger partial charge in [0.05, 0.1) is 7.11 Å². The highest BCUT2D eigenvalue weighted by atomic mass is 16.5. The molecule has 2 aromatic rings. The third-order valence-corrected chi connectivity index (χ3v) is 4.38. The largest absolute Gasteiger partial charge is 0.497 e. The van der Waals surface area contributed by atoms with Crippen molar-refractivity contribution < 1.29 is 9.53 Å². The Bertz CT molecular complexity index is 673. The molecule has 1 saturated heterocycles. The van der Waals surface area contributed by atoms with Crippen LogP contribution in [0.4, 0.5) is 5.69 Å². The van der Waals surface area contributed by atoms with Crippen molar-refractivity contribution in [1.29, 1.82) is 0 Å². The molecule has 24 heavy (non-hydrogen) atoms. The highest BCUT2D eigenvalue weighted by Gasteiger charge is 2.24. The molecule has 0 atom stereocenters. The quantitative estimate of drug-likeness (QED) is 0.845. The molecule has 1 aliphatic rings. The summed E-state index contributed by atoms with van der Waals surface area (Å²) in [4.78, 5) is 16.9. The van der Waals surface area contributed by atoms with Crippen molar-refractivity contribution in [2.75, 3.05) is 38.2 Å². The Hall–Kier alpha value is -2.50. The molecule has 6 heteroatoms. The molecule has 0 unspecified atom stereocenters. The zero-order valence-electron chi connectivity index (χ0n) is 14.3. The second-order valence-corrected chi connectivity index (χ2v) is 5.92. The fourth-order valence-corrected chi connectivity index (χ4v) is 3.03. The van der Waals surface area contributed by atoms with Gasteiger partial charge in [0.1, 0.15) is 11.4 Å². The van der Waals surface area contributed by atoms with E-state index in [-0.39, 0.29) is 5.91 Å². The van der Waals surface area contributed by atoms with Crippen LogP contribution in [0.15, 0.2) is 36.5 Å². The lowest BCUT2D eigenvalue weighted by atomic mass is 10.2. The van der Waals surface area contributed by atoms with Gasteiger partial charge in [0, 0.05) is 44.6 Å². The summed E-state index contributed by atoms with van der Waals surface area (Å²) in [5, 5.41) is 4.25. The number of rotatable bonds is 5. The fraction of sp³-hybridized carbons (Fsp3) is 0.444. The fourth-order valence-electron chi connectivity index (χ4n) is 3.03. The van der Waals surface area contributed by atoms with Gasteiger partial charge >= 0.3 is 0 Å². The second kappa shape index (κ2) is 7.38. The molecule has 6 nitrogen and oxygen atoms in total. The van der Waals surface area contributed by atoms with Gasteiger partial charge in [-0.05, 0) is 36.8 Å². The average Bonchev–Trinajstić information content (AvgIpc) is 3.10. The minimum atomic E-state index is 0.0790. The molecule has 2 heterocycles. The summed E-state index contributed by atoms with van der Waals surface area (Å²) in [6.45, 7) is 5.98. The van der Waals surface area contributed by atoms with E-state index in [1.54, 1.807) is 18.0 Å². The summed E-state index contributed by atoms with van der Waals surface area (Å²) < 4.78 is 7.00. The van der Waals surface area contributed by atoms with Gasteiger partial charge in [0.25, 0.3) is 5.91 Å². The zero-order valence-corrected chi connectivity index (χ0v) is 14.3. The van der Waals surface area contributed by atoms with Crippen LogP contribution in [0.5, 0.6) is 5.75 Å². The summed E-state index contributed by atoms with van der Waals surface area (Å²) >= 11 is 0. The van der Waals surface area contributed by atoms with Crippen LogP contribution in [0.1, 0.15) is 23.8 Å². The van der Waals surface area contributed by atoms with E-state index in [1.807, 2.05) is 23.1 Å². The number of ether oxygens (including phenoxy) is 1. The Morgan fingerprint density at radius 2 is 1.83 bits per heavy atom. The van der Waals surface area contributed by atoms with Gasteiger partial charge in [-0.25, -0.2) is 0 Å². The number of carbonyl (C=O) groups excluding carboxylic acids is 1. The second-order valence-electron chi connectivity index (χ2n) is 5.92. The molecule has 1 aromatic carbocycles. The molecular weight excluding hydrogens is 304 g/mol.